The maximum Gasteiger partial charge on any atom is 0.335 e. The van der Waals surface area contributed by atoms with E-state index in [0.717, 1.165) is 25.0 Å². The van der Waals surface area contributed by atoms with Gasteiger partial charge in [0, 0.05) is 5.69 Å². The van der Waals surface area contributed by atoms with Crippen molar-refractivity contribution in [3.8, 4) is 0 Å². The second kappa shape index (κ2) is 5.17. The van der Waals surface area contributed by atoms with Gasteiger partial charge in [0.05, 0.1) is 17.7 Å². The molecule has 0 unspecified atom stereocenters. The van der Waals surface area contributed by atoms with Crippen molar-refractivity contribution in [2.45, 2.75) is 44.6 Å². The standard InChI is InChI=1S/C14H20N2O3/c1-9(2)11-6-10(13(18)19)7-12(15-11)16-14(8-17)4-3-5-14/h6-7,9,17H,3-5,8H2,1-2H3,(H,15,16)(H,18,19). The molecule has 2 rings (SSSR count). The van der Waals surface area contributed by atoms with Crippen LogP contribution in [0.25, 0.3) is 0 Å². The van der Waals surface area contributed by atoms with E-state index >= 15 is 0 Å². The summed E-state index contributed by atoms with van der Waals surface area (Å²) in [7, 11) is 0. The molecule has 19 heavy (non-hydrogen) atoms. The maximum absolute atomic E-state index is 11.1. The van der Waals surface area contributed by atoms with Crippen molar-refractivity contribution >= 4 is 11.8 Å². The Kier molecular flexibility index (Phi) is 3.75. The molecule has 0 atom stereocenters. The van der Waals surface area contributed by atoms with Crippen LogP contribution in [0.3, 0.4) is 0 Å². The number of carboxylic acid groups (broad SMARTS) is 1. The largest absolute Gasteiger partial charge is 0.478 e. The summed E-state index contributed by atoms with van der Waals surface area (Å²) in [5.41, 5.74) is 0.654. The van der Waals surface area contributed by atoms with Crippen molar-refractivity contribution in [2.24, 2.45) is 0 Å². The highest BCUT2D eigenvalue weighted by Crippen LogP contribution is 2.34. The van der Waals surface area contributed by atoms with E-state index in [1.165, 1.54) is 6.07 Å². The molecule has 1 aliphatic carbocycles. The van der Waals surface area contributed by atoms with Gasteiger partial charge in [-0.05, 0) is 37.3 Å². The minimum absolute atomic E-state index is 0.0446. The van der Waals surface area contributed by atoms with E-state index in [1.54, 1.807) is 6.07 Å². The number of hydrogen-bond donors (Lipinski definition) is 3. The summed E-state index contributed by atoms with van der Waals surface area (Å²) in [5.74, 6) is -0.261. The molecular weight excluding hydrogens is 244 g/mol. The number of hydrogen-bond acceptors (Lipinski definition) is 4. The van der Waals surface area contributed by atoms with Crippen molar-refractivity contribution in [3.05, 3.63) is 23.4 Å². The van der Waals surface area contributed by atoms with E-state index in [0.29, 0.717) is 5.82 Å². The molecule has 3 N–H and O–H groups in total. The summed E-state index contributed by atoms with van der Waals surface area (Å²) < 4.78 is 0. The number of carbonyl (C=O) groups is 1. The van der Waals surface area contributed by atoms with Crippen LogP contribution in [0.5, 0.6) is 0 Å². The highest BCUT2D eigenvalue weighted by molar-refractivity contribution is 5.88. The topological polar surface area (TPSA) is 82.5 Å². The Morgan fingerprint density at radius 3 is 2.58 bits per heavy atom. The first-order valence-electron chi connectivity index (χ1n) is 6.60. The fourth-order valence-corrected chi connectivity index (χ4v) is 2.23. The quantitative estimate of drug-likeness (QED) is 0.759. The van der Waals surface area contributed by atoms with Gasteiger partial charge in [0.25, 0.3) is 0 Å². The number of aromatic carboxylic acids is 1. The number of rotatable bonds is 5. The highest BCUT2D eigenvalue weighted by atomic mass is 16.4. The molecule has 0 saturated heterocycles. The van der Waals surface area contributed by atoms with Crippen LogP contribution in [0, 0.1) is 0 Å². The third kappa shape index (κ3) is 2.87. The van der Waals surface area contributed by atoms with Gasteiger partial charge < -0.3 is 15.5 Å². The van der Waals surface area contributed by atoms with Crippen molar-refractivity contribution in [2.75, 3.05) is 11.9 Å². The van der Waals surface area contributed by atoms with Gasteiger partial charge in [0.15, 0.2) is 0 Å². The zero-order chi connectivity index (χ0) is 14.0. The molecule has 0 aliphatic heterocycles. The summed E-state index contributed by atoms with van der Waals surface area (Å²) in [4.78, 5) is 15.6. The summed E-state index contributed by atoms with van der Waals surface area (Å²) in [6.07, 6.45) is 2.85. The van der Waals surface area contributed by atoms with Crippen LogP contribution in [0.4, 0.5) is 5.82 Å². The van der Waals surface area contributed by atoms with Crippen LogP contribution in [0.1, 0.15) is 55.1 Å². The number of aliphatic hydroxyl groups excluding tert-OH is 1. The molecule has 1 saturated carbocycles. The minimum Gasteiger partial charge on any atom is -0.478 e. The Bertz CT molecular complexity index is 476. The van der Waals surface area contributed by atoms with E-state index in [2.05, 4.69) is 10.3 Å². The second-order valence-corrected chi connectivity index (χ2v) is 5.54. The number of aliphatic hydroxyl groups is 1. The Hall–Kier alpha value is -1.62. The number of nitrogens with zero attached hydrogens (tertiary/aromatic N) is 1. The van der Waals surface area contributed by atoms with Crippen molar-refractivity contribution in [1.82, 2.24) is 4.98 Å². The van der Waals surface area contributed by atoms with Crippen molar-refractivity contribution in [1.29, 1.82) is 0 Å². The minimum atomic E-state index is -0.959. The van der Waals surface area contributed by atoms with E-state index in [9.17, 15) is 9.90 Å². The first-order valence-corrected chi connectivity index (χ1v) is 6.60. The van der Waals surface area contributed by atoms with Gasteiger partial charge in [0.1, 0.15) is 5.82 Å². The summed E-state index contributed by atoms with van der Waals surface area (Å²) in [5, 5.41) is 21.8. The number of anilines is 1. The summed E-state index contributed by atoms with van der Waals surface area (Å²) >= 11 is 0. The molecular formula is C14H20N2O3. The maximum atomic E-state index is 11.1. The van der Waals surface area contributed by atoms with Gasteiger partial charge in [-0.1, -0.05) is 13.8 Å². The van der Waals surface area contributed by atoms with Gasteiger partial charge in [-0.25, -0.2) is 9.78 Å². The van der Waals surface area contributed by atoms with Crippen molar-refractivity contribution in [3.63, 3.8) is 0 Å². The van der Waals surface area contributed by atoms with Gasteiger partial charge in [0.2, 0.25) is 0 Å². The zero-order valence-corrected chi connectivity index (χ0v) is 11.3. The van der Waals surface area contributed by atoms with Gasteiger partial charge in [-0.2, -0.15) is 0 Å². The lowest BCUT2D eigenvalue weighted by molar-refractivity contribution is 0.0696. The van der Waals surface area contributed by atoms with Gasteiger partial charge in [-0.3, -0.25) is 0 Å². The van der Waals surface area contributed by atoms with E-state index in [1.807, 2.05) is 13.8 Å². The predicted octanol–water partition coefficient (Wildman–Crippen LogP) is 2.23. The molecule has 1 fully saturated rings. The summed E-state index contributed by atoms with van der Waals surface area (Å²) in [6.45, 7) is 3.99. The average Bonchev–Trinajstić information content (AvgIpc) is 2.33. The van der Waals surface area contributed by atoms with Crippen LogP contribution in [-0.2, 0) is 0 Å². The third-order valence-corrected chi connectivity index (χ3v) is 3.69. The van der Waals surface area contributed by atoms with Gasteiger partial charge >= 0.3 is 5.97 Å². The lowest BCUT2D eigenvalue weighted by Crippen LogP contribution is -2.48. The highest BCUT2D eigenvalue weighted by Gasteiger charge is 2.36. The molecule has 0 amide bonds. The van der Waals surface area contributed by atoms with E-state index in [4.69, 9.17) is 5.11 Å². The normalized spacial score (nSPS) is 17.1. The van der Waals surface area contributed by atoms with Crippen LogP contribution in [0.15, 0.2) is 12.1 Å². The molecule has 5 nitrogen and oxygen atoms in total. The Balaban J connectivity index is 2.31. The van der Waals surface area contributed by atoms with Crippen LogP contribution < -0.4 is 5.32 Å². The van der Waals surface area contributed by atoms with Crippen LogP contribution >= 0.6 is 0 Å². The molecule has 1 heterocycles. The number of aromatic nitrogens is 1. The third-order valence-electron chi connectivity index (χ3n) is 3.69. The molecule has 0 aromatic carbocycles. The SMILES string of the molecule is CC(C)c1cc(C(=O)O)cc(NC2(CO)CCC2)n1. The number of pyridine rings is 1. The predicted molar refractivity (Wildman–Crippen MR) is 72.6 cm³/mol. The molecule has 5 heteroatoms. The van der Waals surface area contributed by atoms with Crippen molar-refractivity contribution < 1.29 is 15.0 Å². The Labute approximate surface area is 112 Å². The zero-order valence-electron chi connectivity index (χ0n) is 11.3. The Morgan fingerprint density at radius 1 is 1.47 bits per heavy atom. The van der Waals surface area contributed by atoms with Crippen LogP contribution in [0.2, 0.25) is 0 Å². The lowest BCUT2D eigenvalue weighted by Gasteiger charge is -2.41. The monoisotopic (exact) mass is 264 g/mol. The first kappa shape index (κ1) is 13.8. The summed E-state index contributed by atoms with van der Waals surface area (Å²) in [6, 6.07) is 3.13. The number of nitrogens with one attached hydrogen (secondary N) is 1. The van der Waals surface area contributed by atoms with E-state index in [-0.39, 0.29) is 23.6 Å². The van der Waals surface area contributed by atoms with Gasteiger partial charge in [-0.15, -0.1) is 0 Å². The molecule has 104 valence electrons. The second-order valence-electron chi connectivity index (χ2n) is 5.54. The fourth-order valence-electron chi connectivity index (χ4n) is 2.23. The molecule has 1 aromatic heterocycles. The molecule has 1 aromatic rings. The lowest BCUT2D eigenvalue weighted by atomic mass is 9.77. The molecule has 0 radical (unpaired) electrons. The number of carboxylic acids is 1. The Morgan fingerprint density at radius 2 is 2.16 bits per heavy atom. The first-order chi connectivity index (χ1) is 8.96. The average molecular weight is 264 g/mol. The molecule has 0 bridgehead atoms. The smallest absolute Gasteiger partial charge is 0.335 e. The molecule has 0 spiro atoms. The molecule has 1 aliphatic rings. The fraction of sp³-hybridized carbons (Fsp3) is 0.571. The van der Waals surface area contributed by atoms with E-state index < -0.39 is 5.97 Å². The van der Waals surface area contributed by atoms with Crippen LogP contribution in [-0.4, -0.2) is 33.3 Å².